The fourth-order valence-electron chi connectivity index (χ4n) is 1.86. The second-order valence-corrected chi connectivity index (χ2v) is 5.35. The Morgan fingerprint density at radius 1 is 1.30 bits per heavy atom. The average molecular weight is 335 g/mol. The lowest BCUT2D eigenvalue weighted by Crippen LogP contribution is -2.39. The smallest absolute Gasteiger partial charge is 0.253 e. The number of benzene rings is 1. The average Bonchev–Trinajstić information content (AvgIpc) is 2.47. The van der Waals surface area contributed by atoms with Crippen molar-refractivity contribution in [1.29, 1.82) is 0 Å². The molecule has 0 aliphatic heterocycles. The summed E-state index contributed by atoms with van der Waals surface area (Å²) in [6.45, 7) is -0.109. The number of aliphatic hydroxyl groups is 1. The summed E-state index contributed by atoms with van der Waals surface area (Å²) in [6.07, 6.45) is 3.70. The van der Waals surface area contributed by atoms with E-state index in [1.807, 2.05) is 30.3 Å². The van der Waals surface area contributed by atoms with Gasteiger partial charge in [0.15, 0.2) is 0 Å². The molecule has 0 radical (unpaired) electrons. The largest absolute Gasteiger partial charge is 0.394 e. The zero-order valence-corrected chi connectivity index (χ0v) is 12.4. The van der Waals surface area contributed by atoms with Crippen molar-refractivity contribution >= 4 is 21.8 Å². The van der Waals surface area contributed by atoms with Gasteiger partial charge in [0.25, 0.3) is 5.91 Å². The maximum Gasteiger partial charge on any atom is 0.253 e. The topological polar surface area (TPSA) is 62.2 Å². The van der Waals surface area contributed by atoms with Crippen molar-refractivity contribution in [3.05, 3.63) is 64.4 Å². The van der Waals surface area contributed by atoms with Crippen LogP contribution < -0.4 is 5.32 Å². The number of amides is 1. The van der Waals surface area contributed by atoms with Crippen LogP contribution in [0, 0.1) is 0 Å². The first-order valence-corrected chi connectivity index (χ1v) is 7.04. The van der Waals surface area contributed by atoms with Gasteiger partial charge in [-0.2, -0.15) is 0 Å². The number of carbonyl (C=O) groups excluding carboxylic acids is 1. The Hall–Kier alpha value is -1.72. The molecule has 0 spiro atoms. The first-order chi connectivity index (χ1) is 9.69. The second-order valence-electron chi connectivity index (χ2n) is 4.43. The Balaban J connectivity index is 2.01. The Morgan fingerprint density at radius 2 is 2.05 bits per heavy atom. The normalized spacial score (nSPS) is 11.9. The van der Waals surface area contributed by atoms with Crippen molar-refractivity contribution in [3.8, 4) is 0 Å². The standard InChI is InChI=1S/C15H15BrN2O2/c16-13-7-12(8-17-9-13)15(20)18-14(10-19)6-11-4-2-1-3-5-11/h1-5,7-9,14,19H,6,10H2,(H,18,20). The molecule has 1 unspecified atom stereocenters. The van der Waals surface area contributed by atoms with Crippen molar-refractivity contribution in [2.45, 2.75) is 12.5 Å². The van der Waals surface area contributed by atoms with Gasteiger partial charge in [-0.05, 0) is 34.0 Å². The molecule has 1 aromatic heterocycles. The van der Waals surface area contributed by atoms with E-state index in [0.29, 0.717) is 12.0 Å². The molecular formula is C15H15BrN2O2. The van der Waals surface area contributed by atoms with Gasteiger partial charge < -0.3 is 10.4 Å². The van der Waals surface area contributed by atoms with Crippen LogP contribution in [0.1, 0.15) is 15.9 Å². The van der Waals surface area contributed by atoms with Crippen molar-refractivity contribution in [2.24, 2.45) is 0 Å². The molecular weight excluding hydrogens is 320 g/mol. The molecule has 2 rings (SSSR count). The minimum Gasteiger partial charge on any atom is -0.394 e. The van der Waals surface area contributed by atoms with Gasteiger partial charge in [-0.1, -0.05) is 30.3 Å². The lowest BCUT2D eigenvalue weighted by molar-refractivity contribution is 0.0916. The predicted molar refractivity (Wildman–Crippen MR) is 80.4 cm³/mol. The van der Waals surface area contributed by atoms with Crippen molar-refractivity contribution < 1.29 is 9.90 Å². The third-order valence-corrected chi connectivity index (χ3v) is 3.28. The van der Waals surface area contributed by atoms with E-state index in [2.05, 4.69) is 26.2 Å². The van der Waals surface area contributed by atoms with Crippen LogP contribution in [0.15, 0.2) is 53.3 Å². The SMILES string of the molecule is O=C(NC(CO)Cc1ccccc1)c1cncc(Br)c1. The summed E-state index contributed by atoms with van der Waals surface area (Å²) in [5, 5.41) is 12.2. The van der Waals surface area contributed by atoms with E-state index < -0.39 is 0 Å². The van der Waals surface area contributed by atoms with E-state index in [-0.39, 0.29) is 18.6 Å². The molecule has 1 atom stereocenters. The highest BCUT2D eigenvalue weighted by atomic mass is 79.9. The highest BCUT2D eigenvalue weighted by Crippen LogP contribution is 2.10. The van der Waals surface area contributed by atoms with E-state index in [9.17, 15) is 9.90 Å². The number of rotatable bonds is 5. The third-order valence-electron chi connectivity index (χ3n) is 2.85. The summed E-state index contributed by atoms with van der Waals surface area (Å²) in [4.78, 5) is 16.0. The molecule has 0 bridgehead atoms. The lowest BCUT2D eigenvalue weighted by atomic mass is 10.1. The third kappa shape index (κ3) is 4.15. The van der Waals surface area contributed by atoms with E-state index >= 15 is 0 Å². The molecule has 2 N–H and O–H groups in total. The first-order valence-electron chi connectivity index (χ1n) is 6.25. The molecule has 1 heterocycles. The van der Waals surface area contributed by atoms with Gasteiger partial charge in [-0.25, -0.2) is 0 Å². The number of aliphatic hydroxyl groups excluding tert-OH is 1. The van der Waals surface area contributed by atoms with Crippen LogP contribution in [0.5, 0.6) is 0 Å². The van der Waals surface area contributed by atoms with Gasteiger partial charge >= 0.3 is 0 Å². The molecule has 0 saturated heterocycles. The van der Waals surface area contributed by atoms with Gasteiger partial charge in [-0.3, -0.25) is 9.78 Å². The van der Waals surface area contributed by atoms with Crippen LogP contribution in [0.2, 0.25) is 0 Å². The minimum absolute atomic E-state index is 0.109. The summed E-state index contributed by atoms with van der Waals surface area (Å²) < 4.78 is 0.744. The predicted octanol–water partition coefficient (Wildman–Crippen LogP) is 2.18. The summed E-state index contributed by atoms with van der Waals surface area (Å²) in [6, 6.07) is 11.1. The summed E-state index contributed by atoms with van der Waals surface area (Å²) in [5.74, 6) is -0.242. The highest BCUT2D eigenvalue weighted by Gasteiger charge is 2.14. The minimum atomic E-state index is -0.316. The zero-order chi connectivity index (χ0) is 14.4. The number of aromatic nitrogens is 1. The fraction of sp³-hybridized carbons (Fsp3) is 0.200. The highest BCUT2D eigenvalue weighted by molar-refractivity contribution is 9.10. The Labute approximate surface area is 126 Å². The van der Waals surface area contributed by atoms with Gasteiger partial charge in [0, 0.05) is 16.9 Å². The maximum atomic E-state index is 12.1. The second kappa shape index (κ2) is 7.17. The van der Waals surface area contributed by atoms with Crippen LogP contribution >= 0.6 is 15.9 Å². The van der Waals surface area contributed by atoms with Crippen LogP contribution in [0.4, 0.5) is 0 Å². The Morgan fingerprint density at radius 3 is 2.70 bits per heavy atom. The quantitative estimate of drug-likeness (QED) is 0.880. The molecule has 0 aliphatic rings. The van der Waals surface area contributed by atoms with Gasteiger partial charge in [-0.15, -0.1) is 0 Å². The molecule has 104 valence electrons. The van der Waals surface area contributed by atoms with Gasteiger partial charge in [0.1, 0.15) is 0 Å². The van der Waals surface area contributed by atoms with Crippen molar-refractivity contribution in [2.75, 3.05) is 6.61 Å². The van der Waals surface area contributed by atoms with Crippen molar-refractivity contribution in [3.63, 3.8) is 0 Å². The number of carbonyl (C=O) groups is 1. The summed E-state index contributed by atoms with van der Waals surface area (Å²) >= 11 is 3.28. The summed E-state index contributed by atoms with van der Waals surface area (Å²) in [5.41, 5.74) is 1.53. The molecule has 0 saturated carbocycles. The van der Waals surface area contributed by atoms with Crippen LogP contribution in [-0.2, 0) is 6.42 Å². The van der Waals surface area contributed by atoms with E-state index in [4.69, 9.17) is 0 Å². The lowest BCUT2D eigenvalue weighted by Gasteiger charge is -2.16. The zero-order valence-electron chi connectivity index (χ0n) is 10.8. The van der Waals surface area contributed by atoms with Crippen LogP contribution in [0.25, 0.3) is 0 Å². The molecule has 2 aromatic rings. The first kappa shape index (κ1) is 14.7. The number of pyridine rings is 1. The van der Waals surface area contributed by atoms with E-state index in [0.717, 1.165) is 10.0 Å². The molecule has 1 amide bonds. The number of hydrogen-bond donors (Lipinski definition) is 2. The molecule has 5 heteroatoms. The van der Waals surface area contributed by atoms with Gasteiger partial charge in [0.05, 0.1) is 18.2 Å². The molecule has 4 nitrogen and oxygen atoms in total. The number of halogens is 1. The number of nitrogens with zero attached hydrogens (tertiary/aromatic N) is 1. The van der Waals surface area contributed by atoms with E-state index in [1.54, 1.807) is 12.3 Å². The van der Waals surface area contributed by atoms with Crippen LogP contribution in [-0.4, -0.2) is 28.6 Å². The van der Waals surface area contributed by atoms with Crippen LogP contribution in [0.3, 0.4) is 0 Å². The molecule has 20 heavy (non-hydrogen) atoms. The summed E-state index contributed by atoms with van der Waals surface area (Å²) in [7, 11) is 0. The molecule has 1 aromatic carbocycles. The molecule has 0 fully saturated rings. The van der Waals surface area contributed by atoms with Crippen molar-refractivity contribution in [1.82, 2.24) is 10.3 Å². The number of hydrogen-bond acceptors (Lipinski definition) is 3. The Bertz CT molecular complexity index is 575. The van der Waals surface area contributed by atoms with E-state index in [1.165, 1.54) is 6.20 Å². The fourth-order valence-corrected chi connectivity index (χ4v) is 2.23. The molecule has 0 aliphatic carbocycles. The monoisotopic (exact) mass is 334 g/mol. The van der Waals surface area contributed by atoms with Gasteiger partial charge in [0.2, 0.25) is 0 Å². The number of nitrogens with one attached hydrogen (secondary N) is 1. The Kier molecular flexibility index (Phi) is 5.26. The maximum absolute atomic E-state index is 12.1.